The van der Waals surface area contributed by atoms with Crippen LogP contribution < -0.4 is 5.73 Å². The number of carboxylic acid groups (broad SMARTS) is 1. The number of nitriles is 1. The average Bonchev–Trinajstić information content (AvgIpc) is 2.16. The molecule has 16 heavy (non-hydrogen) atoms. The van der Waals surface area contributed by atoms with E-state index in [9.17, 15) is 13.6 Å². The first-order valence-electron chi connectivity index (χ1n) is 4.15. The van der Waals surface area contributed by atoms with E-state index in [1.807, 2.05) is 0 Å². The zero-order chi connectivity index (χ0) is 12.3. The topological polar surface area (TPSA) is 100 Å². The summed E-state index contributed by atoms with van der Waals surface area (Å²) in [5.41, 5.74) is 4.35. The normalized spacial score (nSPS) is 10.1. The Morgan fingerprint density at radius 2 is 2.31 bits per heavy atom. The molecule has 0 radical (unpaired) electrons. The molecular formula is C9H7F2N3O2. The number of anilines is 1. The van der Waals surface area contributed by atoms with Gasteiger partial charge in [0.05, 0.1) is 23.2 Å². The van der Waals surface area contributed by atoms with Gasteiger partial charge in [-0.2, -0.15) is 5.26 Å². The first-order chi connectivity index (χ1) is 7.45. The van der Waals surface area contributed by atoms with Crippen molar-refractivity contribution in [1.82, 2.24) is 4.98 Å². The quantitative estimate of drug-likeness (QED) is 0.805. The Labute approximate surface area is 89.1 Å². The molecule has 0 unspecified atom stereocenters. The number of aliphatic carboxylic acids is 1. The molecule has 0 amide bonds. The monoisotopic (exact) mass is 227 g/mol. The fraction of sp³-hybridized carbons (Fsp3) is 0.222. The third-order valence-corrected chi connectivity index (χ3v) is 1.84. The van der Waals surface area contributed by atoms with E-state index >= 15 is 0 Å². The summed E-state index contributed by atoms with van der Waals surface area (Å²) >= 11 is 0. The van der Waals surface area contributed by atoms with E-state index in [0.717, 1.165) is 6.07 Å². The molecule has 1 aromatic heterocycles. The van der Waals surface area contributed by atoms with Gasteiger partial charge >= 0.3 is 5.97 Å². The SMILES string of the molecule is N#Cc1cc(C(F)F)c(N)nc1CC(=O)O. The van der Waals surface area contributed by atoms with Crippen molar-refractivity contribution in [1.29, 1.82) is 5.26 Å². The van der Waals surface area contributed by atoms with Crippen molar-refractivity contribution < 1.29 is 18.7 Å². The first kappa shape index (κ1) is 11.8. The molecule has 0 aliphatic carbocycles. The second-order valence-electron chi connectivity index (χ2n) is 2.94. The maximum atomic E-state index is 12.4. The molecule has 0 spiro atoms. The Kier molecular flexibility index (Phi) is 3.35. The summed E-state index contributed by atoms with van der Waals surface area (Å²) in [6.07, 6.45) is -3.38. The van der Waals surface area contributed by atoms with Gasteiger partial charge in [0.15, 0.2) is 0 Å². The number of nitrogens with two attached hydrogens (primary N) is 1. The fourth-order valence-corrected chi connectivity index (χ4v) is 1.13. The highest BCUT2D eigenvalue weighted by Gasteiger charge is 2.17. The molecule has 0 saturated carbocycles. The van der Waals surface area contributed by atoms with Crippen LogP contribution in [0.3, 0.4) is 0 Å². The molecule has 0 saturated heterocycles. The minimum Gasteiger partial charge on any atom is -0.481 e. The van der Waals surface area contributed by atoms with E-state index in [2.05, 4.69) is 4.98 Å². The number of carboxylic acids is 1. The molecular weight excluding hydrogens is 220 g/mol. The molecule has 0 bridgehead atoms. The van der Waals surface area contributed by atoms with E-state index < -0.39 is 30.2 Å². The van der Waals surface area contributed by atoms with E-state index in [0.29, 0.717) is 0 Å². The zero-order valence-corrected chi connectivity index (χ0v) is 7.94. The van der Waals surface area contributed by atoms with Crippen molar-refractivity contribution in [2.75, 3.05) is 5.73 Å². The molecule has 3 N–H and O–H groups in total. The van der Waals surface area contributed by atoms with Crippen molar-refractivity contribution in [3.05, 3.63) is 22.9 Å². The van der Waals surface area contributed by atoms with Gasteiger partial charge in [-0.25, -0.2) is 13.8 Å². The molecule has 0 fully saturated rings. The lowest BCUT2D eigenvalue weighted by atomic mass is 10.1. The molecule has 7 heteroatoms. The molecule has 5 nitrogen and oxygen atoms in total. The summed E-state index contributed by atoms with van der Waals surface area (Å²) in [7, 11) is 0. The number of hydrogen-bond acceptors (Lipinski definition) is 4. The molecule has 1 rings (SSSR count). The number of nitrogen functional groups attached to an aromatic ring is 1. The maximum Gasteiger partial charge on any atom is 0.309 e. The predicted octanol–water partition coefficient (Wildman–Crippen LogP) is 1.10. The number of nitrogens with zero attached hydrogens (tertiary/aromatic N) is 2. The summed E-state index contributed by atoms with van der Waals surface area (Å²) in [6.45, 7) is 0. The van der Waals surface area contributed by atoms with Gasteiger partial charge in [-0.3, -0.25) is 4.79 Å². The summed E-state index contributed by atoms with van der Waals surface area (Å²) in [5.74, 6) is -1.67. The molecule has 0 aromatic carbocycles. The Hall–Kier alpha value is -2.23. The highest BCUT2D eigenvalue weighted by atomic mass is 19.3. The standard InChI is InChI=1S/C9H7F2N3O2/c10-8(11)5-1-4(3-12)6(2-7(15)16)14-9(5)13/h1,8H,2H2,(H2,13,14)(H,15,16). The third kappa shape index (κ3) is 2.42. The van der Waals surface area contributed by atoms with E-state index in [4.69, 9.17) is 16.1 Å². The first-order valence-corrected chi connectivity index (χ1v) is 4.15. The van der Waals surface area contributed by atoms with Crippen LogP contribution in [0.1, 0.15) is 23.2 Å². The van der Waals surface area contributed by atoms with Gasteiger partial charge in [-0.1, -0.05) is 0 Å². The molecule has 0 aliphatic rings. The fourth-order valence-electron chi connectivity index (χ4n) is 1.13. The average molecular weight is 227 g/mol. The van der Waals surface area contributed by atoms with Crippen LogP contribution in [0.4, 0.5) is 14.6 Å². The highest BCUT2D eigenvalue weighted by Crippen LogP contribution is 2.25. The van der Waals surface area contributed by atoms with Crippen molar-refractivity contribution in [3.8, 4) is 6.07 Å². The Morgan fingerprint density at radius 1 is 1.69 bits per heavy atom. The smallest absolute Gasteiger partial charge is 0.309 e. The number of halogens is 2. The second kappa shape index (κ2) is 4.53. The maximum absolute atomic E-state index is 12.4. The summed E-state index contributed by atoms with van der Waals surface area (Å²) in [5, 5.41) is 17.2. The predicted molar refractivity (Wildman–Crippen MR) is 49.7 cm³/mol. The molecule has 1 aromatic rings. The van der Waals surface area contributed by atoms with Gasteiger partial charge in [-0.05, 0) is 6.07 Å². The lowest BCUT2D eigenvalue weighted by molar-refractivity contribution is -0.136. The van der Waals surface area contributed by atoms with Gasteiger partial charge < -0.3 is 10.8 Å². The van der Waals surface area contributed by atoms with E-state index in [-0.39, 0.29) is 11.3 Å². The minimum absolute atomic E-state index is 0.114. The van der Waals surface area contributed by atoms with Crippen LogP contribution in [0.2, 0.25) is 0 Å². The lowest BCUT2D eigenvalue weighted by Crippen LogP contribution is -2.09. The molecule has 1 heterocycles. The molecule has 0 aliphatic heterocycles. The third-order valence-electron chi connectivity index (χ3n) is 1.84. The van der Waals surface area contributed by atoms with Crippen molar-refractivity contribution in [2.24, 2.45) is 0 Å². The number of aromatic nitrogens is 1. The Balaban J connectivity index is 3.27. The van der Waals surface area contributed by atoms with Crippen LogP contribution in [0.25, 0.3) is 0 Å². The van der Waals surface area contributed by atoms with Gasteiger partial charge in [0.2, 0.25) is 0 Å². The van der Waals surface area contributed by atoms with Crippen molar-refractivity contribution in [3.63, 3.8) is 0 Å². The number of alkyl halides is 2. The summed E-state index contributed by atoms with van der Waals surface area (Å²) < 4.78 is 24.8. The van der Waals surface area contributed by atoms with Crippen LogP contribution in [0.15, 0.2) is 6.07 Å². The van der Waals surface area contributed by atoms with Crippen LogP contribution >= 0.6 is 0 Å². The highest BCUT2D eigenvalue weighted by molar-refractivity contribution is 5.71. The zero-order valence-electron chi connectivity index (χ0n) is 7.94. The number of carbonyl (C=O) groups is 1. The molecule has 84 valence electrons. The van der Waals surface area contributed by atoms with Gasteiger partial charge in [-0.15, -0.1) is 0 Å². The van der Waals surface area contributed by atoms with Gasteiger partial charge in [0.1, 0.15) is 11.9 Å². The van der Waals surface area contributed by atoms with Crippen molar-refractivity contribution in [2.45, 2.75) is 12.8 Å². The minimum atomic E-state index is -2.85. The largest absolute Gasteiger partial charge is 0.481 e. The summed E-state index contributed by atoms with van der Waals surface area (Å²) in [4.78, 5) is 13.9. The van der Waals surface area contributed by atoms with Gasteiger partial charge in [0, 0.05) is 0 Å². The summed E-state index contributed by atoms with van der Waals surface area (Å²) in [6, 6.07) is 2.48. The Morgan fingerprint density at radius 3 is 2.75 bits per heavy atom. The number of hydrogen-bond donors (Lipinski definition) is 2. The molecule has 0 atom stereocenters. The van der Waals surface area contributed by atoms with Gasteiger partial charge in [0.25, 0.3) is 6.43 Å². The van der Waals surface area contributed by atoms with Crippen LogP contribution in [0, 0.1) is 11.3 Å². The lowest BCUT2D eigenvalue weighted by Gasteiger charge is -2.07. The van der Waals surface area contributed by atoms with Crippen LogP contribution in [-0.4, -0.2) is 16.1 Å². The van der Waals surface area contributed by atoms with Crippen LogP contribution in [-0.2, 0) is 11.2 Å². The van der Waals surface area contributed by atoms with Crippen LogP contribution in [0.5, 0.6) is 0 Å². The van der Waals surface area contributed by atoms with E-state index in [1.54, 1.807) is 6.07 Å². The van der Waals surface area contributed by atoms with E-state index in [1.165, 1.54) is 0 Å². The Bertz CT molecular complexity index is 469. The second-order valence-corrected chi connectivity index (χ2v) is 2.94. The number of rotatable bonds is 3. The van der Waals surface area contributed by atoms with Crippen molar-refractivity contribution >= 4 is 11.8 Å². The number of pyridine rings is 1.